The van der Waals surface area contributed by atoms with Gasteiger partial charge in [-0.15, -0.1) is 5.10 Å². The van der Waals surface area contributed by atoms with Crippen molar-refractivity contribution in [2.75, 3.05) is 6.61 Å². The zero-order valence-electron chi connectivity index (χ0n) is 14.9. The maximum atomic E-state index is 6.14. The Morgan fingerprint density at radius 3 is 2.56 bits per heavy atom. The number of aromatic nitrogens is 3. The standard InChI is InChI=1S/C21H23N3O/c1-4-25-19-13-15-9-5-6-10-16(15)20-21(24(14(2)3)23-22-20)18-12-8-7-11-17(18)19/h5-12,14,19H,4,13H2,1-3H3. The molecule has 0 amide bonds. The average Bonchev–Trinajstić information content (AvgIpc) is 3.05. The van der Waals surface area contributed by atoms with E-state index in [0.717, 1.165) is 23.4 Å². The van der Waals surface area contributed by atoms with Gasteiger partial charge in [-0.3, -0.25) is 0 Å². The summed E-state index contributed by atoms with van der Waals surface area (Å²) in [5, 5.41) is 9.04. The maximum Gasteiger partial charge on any atom is 0.121 e. The number of hydrogen-bond donors (Lipinski definition) is 0. The van der Waals surface area contributed by atoms with Gasteiger partial charge in [0, 0.05) is 30.2 Å². The van der Waals surface area contributed by atoms with Crippen molar-refractivity contribution in [3.05, 3.63) is 59.7 Å². The van der Waals surface area contributed by atoms with E-state index in [1.54, 1.807) is 0 Å². The number of fused-ring (bicyclic) bond motifs is 5. The summed E-state index contributed by atoms with van der Waals surface area (Å²) in [5.74, 6) is 0. The minimum Gasteiger partial charge on any atom is -0.373 e. The predicted molar refractivity (Wildman–Crippen MR) is 99.4 cm³/mol. The van der Waals surface area contributed by atoms with Gasteiger partial charge >= 0.3 is 0 Å². The molecule has 1 heterocycles. The molecule has 0 aliphatic heterocycles. The molecular weight excluding hydrogens is 310 g/mol. The van der Waals surface area contributed by atoms with Gasteiger partial charge in [-0.2, -0.15) is 0 Å². The van der Waals surface area contributed by atoms with Crippen LogP contribution in [-0.2, 0) is 11.2 Å². The van der Waals surface area contributed by atoms with Crippen molar-refractivity contribution in [1.29, 1.82) is 0 Å². The van der Waals surface area contributed by atoms with E-state index in [9.17, 15) is 0 Å². The van der Waals surface area contributed by atoms with Crippen LogP contribution in [-0.4, -0.2) is 21.6 Å². The third-order valence-electron chi connectivity index (χ3n) is 4.79. The fraction of sp³-hybridized carbons (Fsp3) is 0.333. The molecule has 0 radical (unpaired) electrons. The Morgan fingerprint density at radius 2 is 1.80 bits per heavy atom. The fourth-order valence-corrected chi connectivity index (χ4v) is 3.67. The lowest BCUT2D eigenvalue weighted by molar-refractivity contribution is 0.0631. The molecule has 0 N–H and O–H groups in total. The van der Waals surface area contributed by atoms with Crippen molar-refractivity contribution < 1.29 is 4.74 Å². The smallest absolute Gasteiger partial charge is 0.121 e. The van der Waals surface area contributed by atoms with E-state index in [0.29, 0.717) is 6.61 Å². The summed E-state index contributed by atoms with van der Waals surface area (Å²) in [7, 11) is 0. The molecule has 1 atom stereocenters. The Morgan fingerprint density at radius 1 is 1.08 bits per heavy atom. The lowest BCUT2D eigenvalue weighted by Gasteiger charge is -2.25. The van der Waals surface area contributed by atoms with Gasteiger partial charge in [-0.1, -0.05) is 53.7 Å². The van der Waals surface area contributed by atoms with Gasteiger partial charge in [0.25, 0.3) is 0 Å². The van der Waals surface area contributed by atoms with E-state index in [2.05, 4.69) is 79.6 Å². The maximum absolute atomic E-state index is 6.14. The lowest BCUT2D eigenvalue weighted by atomic mass is 9.87. The van der Waals surface area contributed by atoms with Gasteiger partial charge in [0.2, 0.25) is 0 Å². The van der Waals surface area contributed by atoms with Crippen LogP contribution in [0.15, 0.2) is 48.5 Å². The molecule has 0 bridgehead atoms. The summed E-state index contributed by atoms with van der Waals surface area (Å²) in [6, 6.07) is 17.2. The zero-order chi connectivity index (χ0) is 17.4. The highest BCUT2D eigenvalue weighted by atomic mass is 16.5. The minimum atomic E-state index is 0.0333. The van der Waals surface area contributed by atoms with Gasteiger partial charge in [-0.25, -0.2) is 4.68 Å². The van der Waals surface area contributed by atoms with E-state index >= 15 is 0 Å². The Balaban J connectivity index is 2.06. The first-order valence-electron chi connectivity index (χ1n) is 8.95. The van der Waals surface area contributed by atoms with Crippen LogP contribution in [0.1, 0.15) is 44.0 Å². The molecule has 4 rings (SSSR count). The predicted octanol–water partition coefficient (Wildman–Crippen LogP) is 4.83. The summed E-state index contributed by atoms with van der Waals surface area (Å²) >= 11 is 0. The second kappa shape index (κ2) is 6.45. The highest BCUT2D eigenvalue weighted by Gasteiger charge is 2.28. The highest BCUT2D eigenvalue weighted by Crippen LogP contribution is 2.42. The Hall–Kier alpha value is -2.46. The van der Waals surface area contributed by atoms with Crippen molar-refractivity contribution in [2.45, 2.75) is 39.3 Å². The monoisotopic (exact) mass is 333 g/mol. The van der Waals surface area contributed by atoms with Crippen molar-refractivity contribution in [1.82, 2.24) is 15.0 Å². The van der Waals surface area contributed by atoms with Crippen molar-refractivity contribution >= 4 is 0 Å². The summed E-state index contributed by atoms with van der Waals surface area (Å²) < 4.78 is 8.17. The van der Waals surface area contributed by atoms with Crippen LogP contribution in [0.3, 0.4) is 0 Å². The molecule has 1 aromatic heterocycles. The molecule has 1 unspecified atom stereocenters. The van der Waals surface area contributed by atoms with E-state index in [1.165, 1.54) is 16.7 Å². The summed E-state index contributed by atoms with van der Waals surface area (Å²) in [4.78, 5) is 0. The number of rotatable bonds is 3. The number of benzene rings is 2. The van der Waals surface area contributed by atoms with Crippen molar-refractivity contribution in [3.63, 3.8) is 0 Å². The average molecular weight is 333 g/mol. The fourth-order valence-electron chi connectivity index (χ4n) is 3.67. The number of nitrogens with zero attached hydrogens (tertiary/aromatic N) is 3. The van der Waals surface area contributed by atoms with E-state index in [1.807, 2.05) is 4.68 Å². The second-order valence-corrected chi connectivity index (χ2v) is 6.72. The molecule has 4 nitrogen and oxygen atoms in total. The number of ether oxygens (including phenoxy) is 1. The van der Waals surface area contributed by atoms with Crippen LogP contribution in [0, 0.1) is 0 Å². The Labute approximate surface area is 148 Å². The van der Waals surface area contributed by atoms with Crippen LogP contribution in [0.2, 0.25) is 0 Å². The quantitative estimate of drug-likeness (QED) is 0.689. The van der Waals surface area contributed by atoms with Gasteiger partial charge in [-0.05, 0) is 31.9 Å². The van der Waals surface area contributed by atoms with Crippen LogP contribution in [0.4, 0.5) is 0 Å². The molecule has 1 aliphatic carbocycles. The zero-order valence-corrected chi connectivity index (χ0v) is 14.9. The summed E-state index contributed by atoms with van der Waals surface area (Å²) in [5.41, 5.74) is 6.85. The van der Waals surface area contributed by atoms with E-state index < -0.39 is 0 Å². The third kappa shape index (κ3) is 2.67. The molecule has 0 spiro atoms. The van der Waals surface area contributed by atoms with Crippen molar-refractivity contribution in [2.24, 2.45) is 0 Å². The second-order valence-electron chi connectivity index (χ2n) is 6.72. The molecule has 0 saturated carbocycles. The van der Waals surface area contributed by atoms with E-state index in [-0.39, 0.29) is 12.1 Å². The normalized spacial score (nSPS) is 15.9. The molecule has 0 fully saturated rings. The van der Waals surface area contributed by atoms with Gasteiger partial charge < -0.3 is 4.74 Å². The highest BCUT2D eigenvalue weighted by molar-refractivity contribution is 5.82. The van der Waals surface area contributed by atoms with Gasteiger partial charge in [0.05, 0.1) is 11.8 Å². The van der Waals surface area contributed by atoms with Gasteiger partial charge in [0.1, 0.15) is 5.69 Å². The molecule has 25 heavy (non-hydrogen) atoms. The first kappa shape index (κ1) is 16.0. The molecule has 1 aliphatic rings. The Bertz CT molecular complexity index is 898. The topological polar surface area (TPSA) is 39.9 Å². The summed E-state index contributed by atoms with van der Waals surface area (Å²) in [6.07, 6.45) is 0.876. The van der Waals surface area contributed by atoms with Crippen LogP contribution in [0.25, 0.3) is 22.5 Å². The molecule has 0 saturated heterocycles. The summed E-state index contributed by atoms with van der Waals surface area (Å²) in [6.45, 7) is 7.03. The van der Waals surface area contributed by atoms with Crippen LogP contribution in [0.5, 0.6) is 0 Å². The molecule has 2 aromatic carbocycles. The largest absolute Gasteiger partial charge is 0.373 e. The Kier molecular flexibility index (Phi) is 4.14. The van der Waals surface area contributed by atoms with Crippen molar-refractivity contribution in [3.8, 4) is 22.5 Å². The molecule has 128 valence electrons. The van der Waals surface area contributed by atoms with Gasteiger partial charge in [0.15, 0.2) is 0 Å². The first-order chi connectivity index (χ1) is 12.2. The molecule has 3 aromatic rings. The minimum absolute atomic E-state index is 0.0333. The van der Waals surface area contributed by atoms with Crippen LogP contribution < -0.4 is 0 Å². The third-order valence-corrected chi connectivity index (χ3v) is 4.79. The van der Waals surface area contributed by atoms with E-state index in [4.69, 9.17) is 4.74 Å². The first-order valence-corrected chi connectivity index (χ1v) is 8.95. The van der Waals surface area contributed by atoms with Crippen LogP contribution >= 0.6 is 0 Å². The SMILES string of the molecule is CCOC1Cc2ccccc2-c2nnn(C(C)C)c2-c2ccccc21. The lowest BCUT2D eigenvalue weighted by Crippen LogP contribution is -2.14. The molecule has 4 heteroatoms. The molecular formula is C21H23N3O. The number of hydrogen-bond acceptors (Lipinski definition) is 3.